The molecule has 1 amide bonds. The summed E-state index contributed by atoms with van der Waals surface area (Å²) in [6, 6.07) is 6.79. The van der Waals surface area contributed by atoms with E-state index in [1.54, 1.807) is 0 Å². The van der Waals surface area contributed by atoms with Gasteiger partial charge in [0.15, 0.2) is 0 Å². The summed E-state index contributed by atoms with van der Waals surface area (Å²) in [7, 11) is 0. The van der Waals surface area contributed by atoms with Gasteiger partial charge in [0.2, 0.25) is 5.91 Å². The van der Waals surface area contributed by atoms with Gasteiger partial charge in [0.1, 0.15) is 0 Å². The monoisotopic (exact) mass is 310 g/mol. The van der Waals surface area contributed by atoms with Gasteiger partial charge in [0.25, 0.3) is 0 Å². The minimum atomic E-state index is 0. The smallest absolute Gasteiger partial charge is 0.223 e. The maximum absolute atomic E-state index is 12.2. The number of carbonyl (C=O) groups excluding carboxylic acids is 1. The van der Waals surface area contributed by atoms with Crippen LogP contribution < -0.4 is 10.6 Å². The third kappa shape index (κ3) is 5.68. The Morgan fingerprint density at radius 3 is 2.38 bits per heavy atom. The average molecular weight is 311 g/mol. The molecule has 0 aliphatic carbocycles. The average Bonchev–Trinajstić information content (AvgIpc) is 2.38. The number of hydrogen-bond acceptors (Lipinski definition) is 2. The highest BCUT2D eigenvalue weighted by Crippen LogP contribution is 2.14. The Hall–Kier alpha value is -1.06. The Morgan fingerprint density at radius 1 is 1.24 bits per heavy atom. The highest BCUT2D eigenvalue weighted by Gasteiger charge is 2.21. The van der Waals surface area contributed by atoms with Crippen molar-refractivity contribution in [3.63, 3.8) is 0 Å². The third-order valence-electron chi connectivity index (χ3n) is 3.92. The van der Waals surface area contributed by atoms with Gasteiger partial charge in [-0.2, -0.15) is 0 Å². The fraction of sp³-hybridized carbons (Fsp3) is 0.588. The van der Waals surface area contributed by atoms with Gasteiger partial charge in [-0.25, -0.2) is 0 Å². The third-order valence-corrected chi connectivity index (χ3v) is 3.92. The fourth-order valence-electron chi connectivity index (χ4n) is 3.04. The minimum Gasteiger partial charge on any atom is -0.353 e. The first-order valence-electron chi connectivity index (χ1n) is 7.63. The summed E-state index contributed by atoms with van der Waals surface area (Å²) in [4.78, 5) is 12.2. The summed E-state index contributed by atoms with van der Waals surface area (Å²) in [5, 5.41) is 6.47. The molecular weight excluding hydrogens is 284 g/mol. The Bertz CT molecular complexity index is 450. The molecule has 1 aromatic carbocycles. The molecule has 1 fully saturated rings. The van der Waals surface area contributed by atoms with Gasteiger partial charge in [0.05, 0.1) is 0 Å². The Morgan fingerprint density at radius 2 is 1.81 bits per heavy atom. The summed E-state index contributed by atoms with van der Waals surface area (Å²) in [5.41, 5.74) is 3.88. The van der Waals surface area contributed by atoms with Crippen molar-refractivity contribution in [2.45, 2.75) is 46.1 Å². The van der Waals surface area contributed by atoms with Crippen LogP contribution in [0.4, 0.5) is 0 Å². The molecule has 1 aliphatic heterocycles. The number of halogens is 1. The summed E-state index contributed by atoms with van der Waals surface area (Å²) in [6.45, 7) is 8.26. The molecule has 1 heterocycles. The molecule has 2 N–H and O–H groups in total. The Balaban J connectivity index is 0.00000220. The van der Waals surface area contributed by atoms with Crippen LogP contribution in [0.15, 0.2) is 18.2 Å². The second-order valence-electron chi connectivity index (χ2n) is 6.13. The van der Waals surface area contributed by atoms with Gasteiger partial charge >= 0.3 is 0 Å². The van der Waals surface area contributed by atoms with Crippen molar-refractivity contribution < 1.29 is 4.79 Å². The maximum atomic E-state index is 12.2. The van der Waals surface area contributed by atoms with Crippen molar-refractivity contribution >= 4 is 18.3 Å². The molecule has 0 saturated carbocycles. The number of rotatable bonds is 4. The van der Waals surface area contributed by atoms with Crippen LogP contribution >= 0.6 is 12.4 Å². The molecule has 1 aromatic rings. The Labute approximate surface area is 134 Å². The summed E-state index contributed by atoms with van der Waals surface area (Å²) >= 11 is 0. The second kappa shape index (κ2) is 8.40. The largest absolute Gasteiger partial charge is 0.353 e. The predicted octanol–water partition coefficient (Wildman–Crippen LogP) is 2.77. The van der Waals surface area contributed by atoms with E-state index < -0.39 is 0 Å². The van der Waals surface area contributed by atoms with Crippen LogP contribution in [-0.2, 0) is 11.2 Å². The molecule has 1 saturated heterocycles. The molecule has 1 aliphatic rings. The van der Waals surface area contributed by atoms with Crippen LogP contribution in [0.1, 0.15) is 36.5 Å². The number of amides is 1. The zero-order chi connectivity index (χ0) is 14.5. The number of carbonyl (C=O) groups is 1. The summed E-state index contributed by atoms with van der Waals surface area (Å²) in [5.74, 6) is 0.418. The Kier molecular flexibility index (Phi) is 7.20. The van der Waals surface area contributed by atoms with Crippen molar-refractivity contribution in [1.29, 1.82) is 0 Å². The predicted molar refractivity (Wildman–Crippen MR) is 90.1 cm³/mol. The van der Waals surface area contributed by atoms with E-state index in [-0.39, 0.29) is 30.3 Å². The number of piperidine rings is 1. The molecule has 1 atom stereocenters. The quantitative estimate of drug-likeness (QED) is 0.898. The standard InChI is InChI=1S/C17H26N2O.ClH/c1-12-8-13(2)10-15(9-12)11-14(3)19-17(20)16-4-6-18-7-5-16;/h8-10,14,16,18H,4-7,11H2,1-3H3,(H,19,20);1H. The minimum absolute atomic E-state index is 0. The number of nitrogens with one attached hydrogen (secondary N) is 2. The lowest BCUT2D eigenvalue weighted by Gasteiger charge is -2.24. The first kappa shape index (κ1) is 18.0. The molecule has 3 nitrogen and oxygen atoms in total. The lowest BCUT2D eigenvalue weighted by atomic mass is 9.96. The van der Waals surface area contributed by atoms with E-state index in [4.69, 9.17) is 0 Å². The summed E-state index contributed by atoms with van der Waals surface area (Å²) < 4.78 is 0. The SMILES string of the molecule is Cc1cc(C)cc(CC(C)NC(=O)C2CCNCC2)c1.Cl. The summed E-state index contributed by atoms with van der Waals surface area (Å²) in [6.07, 6.45) is 2.82. The van der Waals surface area contributed by atoms with Gasteiger partial charge in [-0.1, -0.05) is 29.3 Å². The lowest BCUT2D eigenvalue weighted by Crippen LogP contribution is -2.42. The van der Waals surface area contributed by atoms with Crippen LogP contribution in [0.2, 0.25) is 0 Å². The van der Waals surface area contributed by atoms with Crippen molar-refractivity contribution in [3.05, 3.63) is 34.9 Å². The molecule has 2 rings (SSSR count). The van der Waals surface area contributed by atoms with E-state index in [0.717, 1.165) is 32.4 Å². The van der Waals surface area contributed by atoms with Crippen molar-refractivity contribution in [3.8, 4) is 0 Å². The van der Waals surface area contributed by atoms with Gasteiger partial charge in [-0.3, -0.25) is 4.79 Å². The number of aryl methyl sites for hydroxylation is 2. The second-order valence-corrected chi connectivity index (χ2v) is 6.13. The van der Waals surface area contributed by atoms with Gasteiger partial charge in [-0.05, 0) is 58.7 Å². The lowest BCUT2D eigenvalue weighted by molar-refractivity contribution is -0.126. The molecule has 0 bridgehead atoms. The maximum Gasteiger partial charge on any atom is 0.223 e. The first-order chi connectivity index (χ1) is 9.54. The van der Waals surface area contributed by atoms with Crippen LogP contribution in [-0.4, -0.2) is 25.0 Å². The molecule has 1 unspecified atom stereocenters. The fourth-order valence-corrected chi connectivity index (χ4v) is 3.04. The van der Waals surface area contributed by atoms with E-state index in [9.17, 15) is 4.79 Å². The molecule has 0 spiro atoms. The van der Waals surface area contributed by atoms with Crippen LogP contribution in [0.3, 0.4) is 0 Å². The highest BCUT2D eigenvalue weighted by molar-refractivity contribution is 5.85. The van der Waals surface area contributed by atoms with Gasteiger partial charge < -0.3 is 10.6 Å². The normalized spacial score (nSPS) is 16.9. The first-order valence-corrected chi connectivity index (χ1v) is 7.63. The van der Waals surface area contributed by atoms with Crippen molar-refractivity contribution in [2.24, 2.45) is 5.92 Å². The molecule has 0 aromatic heterocycles. The van der Waals surface area contributed by atoms with Crippen molar-refractivity contribution in [2.75, 3.05) is 13.1 Å². The zero-order valence-corrected chi connectivity index (χ0v) is 14.1. The highest BCUT2D eigenvalue weighted by atomic mass is 35.5. The molecular formula is C17H27ClN2O. The van der Waals surface area contributed by atoms with Crippen molar-refractivity contribution in [1.82, 2.24) is 10.6 Å². The van der Waals surface area contributed by atoms with Crippen LogP contribution in [0.25, 0.3) is 0 Å². The van der Waals surface area contributed by atoms with E-state index in [1.807, 2.05) is 0 Å². The van der Waals surface area contributed by atoms with E-state index in [2.05, 4.69) is 49.6 Å². The van der Waals surface area contributed by atoms with Crippen LogP contribution in [0.5, 0.6) is 0 Å². The zero-order valence-electron chi connectivity index (χ0n) is 13.2. The molecule has 0 radical (unpaired) electrons. The molecule has 118 valence electrons. The topological polar surface area (TPSA) is 41.1 Å². The van der Waals surface area contributed by atoms with Gasteiger partial charge in [-0.15, -0.1) is 12.4 Å². The molecule has 4 heteroatoms. The number of hydrogen-bond donors (Lipinski definition) is 2. The number of benzene rings is 1. The van der Waals surface area contributed by atoms with Crippen LogP contribution in [0, 0.1) is 19.8 Å². The van der Waals surface area contributed by atoms with E-state index in [1.165, 1.54) is 16.7 Å². The molecule has 21 heavy (non-hydrogen) atoms. The van der Waals surface area contributed by atoms with Gasteiger partial charge in [0, 0.05) is 12.0 Å². The van der Waals surface area contributed by atoms with E-state index >= 15 is 0 Å². The van der Waals surface area contributed by atoms with E-state index in [0.29, 0.717) is 0 Å².